The van der Waals surface area contributed by atoms with Crippen LogP contribution in [0.3, 0.4) is 0 Å². The molecule has 0 fully saturated rings. The Bertz CT molecular complexity index is 2570. The molecule has 0 N–H and O–H groups in total. The smallest absolute Gasteiger partial charge is 0.160 e. The zero-order valence-corrected chi connectivity index (χ0v) is 26.3. The molecule has 3 heteroatoms. The summed E-state index contributed by atoms with van der Waals surface area (Å²) in [6, 6.07) is 60.3. The molecule has 0 spiro atoms. The maximum absolute atomic E-state index is 5.22. The van der Waals surface area contributed by atoms with E-state index in [2.05, 4.69) is 152 Å². The topological polar surface area (TPSA) is 25.8 Å². The summed E-state index contributed by atoms with van der Waals surface area (Å²) >= 11 is 1.86. The highest BCUT2D eigenvalue weighted by molar-refractivity contribution is 7.26. The van der Waals surface area contributed by atoms with E-state index in [0.29, 0.717) is 5.82 Å². The van der Waals surface area contributed by atoms with Crippen molar-refractivity contribution in [1.82, 2.24) is 9.97 Å². The molecule has 220 valence electrons. The number of aromatic nitrogens is 2. The van der Waals surface area contributed by atoms with Crippen LogP contribution in [-0.4, -0.2) is 9.97 Å². The van der Waals surface area contributed by atoms with Gasteiger partial charge in [-0.2, -0.15) is 0 Å². The predicted molar refractivity (Wildman–Crippen MR) is 200 cm³/mol. The zero-order valence-electron chi connectivity index (χ0n) is 25.5. The predicted octanol–water partition coefficient (Wildman–Crippen LogP) is 12.3. The van der Waals surface area contributed by atoms with Crippen molar-refractivity contribution in [2.45, 2.75) is 0 Å². The Labute approximate surface area is 277 Å². The van der Waals surface area contributed by atoms with E-state index in [1.54, 1.807) is 0 Å². The maximum Gasteiger partial charge on any atom is 0.160 e. The van der Waals surface area contributed by atoms with E-state index in [1.807, 2.05) is 29.5 Å². The number of fused-ring (bicyclic) bond motifs is 4. The molecule has 2 heterocycles. The van der Waals surface area contributed by atoms with E-state index in [1.165, 1.54) is 47.6 Å². The summed E-state index contributed by atoms with van der Waals surface area (Å²) in [6.45, 7) is 0. The van der Waals surface area contributed by atoms with E-state index < -0.39 is 0 Å². The molecule has 0 aliphatic carbocycles. The first-order valence-electron chi connectivity index (χ1n) is 15.8. The van der Waals surface area contributed by atoms with E-state index in [9.17, 15) is 0 Å². The summed E-state index contributed by atoms with van der Waals surface area (Å²) in [5.41, 5.74) is 9.64. The van der Waals surface area contributed by atoms with Crippen LogP contribution < -0.4 is 0 Å². The quantitative estimate of drug-likeness (QED) is 0.192. The third-order valence-electron chi connectivity index (χ3n) is 8.85. The van der Waals surface area contributed by atoms with Crippen LogP contribution in [0.4, 0.5) is 0 Å². The molecule has 0 amide bonds. The number of nitrogens with zero attached hydrogens (tertiary/aromatic N) is 2. The number of rotatable bonds is 5. The zero-order chi connectivity index (χ0) is 31.2. The Morgan fingerprint density at radius 1 is 0.362 bits per heavy atom. The van der Waals surface area contributed by atoms with E-state index in [0.717, 1.165) is 33.6 Å². The van der Waals surface area contributed by atoms with E-state index >= 15 is 0 Å². The Morgan fingerprint density at radius 2 is 1.00 bits per heavy atom. The average Bonchev–Trinajstić information content (AvgIpc) is 3.54. The molecule has 9 aromatic rings. The van der Waals surface area contributed by atoms with Crippen molar-refractivity contribution >= 4 is 42.3 Å². The van der Waals surface area contributed by atoms with E-state index in [4.69, 9.17) is 9.97 Å². The van der Waals surface area contributed by atoms with Crippen molar-refractivity contribution in [1.29, 1.82) is 0 Å². The van der Waals surface area contributed by atoms with Gasteiger partial charge in [0, 0.05) is 36.9 Å². The summed E-state index contributed by atoms with van der Waals surface area (Å²) in [4.78, 5) is 10.3. The lowest BCUT2D eigenvalue weighted by atomic mass is 9.93. The minimum absolute atomic E-state index is 0.713. The van der Waals surface area contributed by atoms with Crippen molar-refractivity contribution < 1.29 is 0 Å². The first kappa shape index (κ1) is 27.4. The highest BCUT2D eigenvalue weighted by Crippen LogP contribution is 2.42. The highest BCUT2D eigenvalue weighted by Gasteiger charge is 2.16. The van der Waals surface area contributed by atoms with Crippen molar-refractivity contribution in [2.24, 2.45) is 0 Å². The Morgan fingerprint density at radius 3 is 1.83 bits per heavy atom. The van der Waals surface area contributed by atoms with Crippen LogP contribution in [-0.2, 0) is 0 Å². The molecule has 2 aromatic heterocycles. The first-order chi connectivity index (χ1) is 23.3. The Hall–Kier alpha value is -5.90. The Balaban J connectivity index is 1.29. The second-order valence-corrected chi connectivity index (χ2v) is 12.9. The van der Waals surface area contributed by atoms with Crippen LogP contribution in [0.2, 0.25) is 0 Å². The fourth-order valence-electron chi connectivity index (χ4n) is 6.51. The summed E-state index contributed by atoms with van der Waals surface area (Å²) in [7, 11) is 0. The van der Waals surface area contributed by atoms with Crippen LogP contribution in [0.1, 0.15) is 0 Å². The molecule has 0 saturated heterocycles. The van der Waals surface area contributed by atoms with Gasteiger partial charge in [-0.05, 0) is 69.4 Å². The molecular weight excluding hydrogens is 589 g/mol. The molecule has 0 radical (unpaired) electrons. The van der Waals surface area contributed by atoms with Crippen LogP contribution in [0.15, 0.2) is 170 Å². The largest absolute Gasteiger partial charge is 0.228 e. The molecule has 0 aliphatic heterocycles. The van der Waals surface area contributed by atoms with E-state index in [-0.39, 0.29) is 0 Å². The van der Waals surface area contributed by atoms with Crippen LogP contribution in [0.25, 0.3) is 87.1 Å². The molecule has 0 aliphatic rings. The monoisotopic (exact) mass is 616 g/mol. The van der Waals surface area contributed by atoms with Gasteiger partial charge in [-0.15, -0.1) is 11.3 Å². The molecule has 7 aromatic carbocycles. The second-order valence-electron chi connectivity index (χ2n) is 11.8. The second kappa shape index (κ2) is 11.5. The molecule has 2 nitrogen and oxygen atoms in total. The maximum atomic E-state index is 5.22. The minimum atomic E-state index is 0.713. The summed E-state index contributed by atoms with van der Waals surface area (Å²) < 4.78 is 2.60. The lowest BCUT2D eigenvalue weighted by Crippen LogP contribution is -1.96. The standard InChI is InChI=1S/C44H28N2S/c1-3-12-29(13-4-1)34-25-35(37-19-11-20-39-38-18-9-10-21-42(38)47-43(37)39)27-36(26-34)41-28-40(45-44(46-41)31-15-5-2-6-16-31)33-23-22-30-14-7-8-17-32(30)24-33/h1-28H. The normalized spacial score (nSPS) is 11.4. The van der Waals surface area contributed by atoms with Crippen molar-refractivity contribution in [2.75, 3.05) is 0 Å². The Kier molecular flexibility index (Phi) is 6.69. The van der Waals surface area contributed by atoms with Crippen molar-refractivity contribution in [3.63, 3.8) is 0 Å². The van der Waals surface area contributed by atoms with Gasteiger partial charge in [0.25, 0.3) is 0 Å². The SMILES string of the molecule is c1ccc(-c2cc(-c3cc(-c4ccc5ccccc5c4)nc(-c4ccccc4)n3)cc(-c3cccc4c3sc3ccccc34)c2)cc1. The van der Waals surface area contributed by atoms with Crippen molar-refractivity contribution in [3.05, 3.63) is 170 Å². The lowest BCUT2D eigenvalue weighted by Gasteiger charge is -2.14. The van der Waals surface area contributed by atoms with Gasteiger partial charge in [0.15, 0.2) is 5.82 Å². The molecular formula is C44H28N2S. The first-order valence-corrected chi connectivity index (χ1v) is 16.6. The summed E-state index contributed by atoms with van der Waals surface area (Å²) in [5, 5.41) is 5.00. The number of hydrogen-bond acceptors (Lipinski definition) is 3. The highest BCUT2D eigenvalue weighted by atomic mass is 32.1. The van der Waals surface area contributed by atoms with Gasteiger partial charge in [0.05, 0.1) is 11.4 Å². The van der Waals surface area contributed by atoms with Gasteiger partial charge in [-0.3, -0.25) is 0 Å². The fourth-order valence-corrected chi connectivity index (χ4v) is 7.75. The average molecular weight is 617 g/mol. The van der Waals surface area contributed by atoms with Crippen LogP contribution >= 0.6 is 11.3 Å². The molecule has 0 bridgehead atoms. The van der Waals surface area contributed by atoms with Gasteiger partial charge in [0.2, 0.25) is 0 Å². The fraction of sp³-hybridized carbons (Fsp3) is 0. The number of hydrogen-bond donors (Lipinski definition) is 0. The van der Waals surface area contributed by atoms with Crippen LogP contribution in [0, 0.1) is 0 Å². The third kappa shape index (κ3) is 5.07. The number of benzene rings is 7. The van der Waals surface area contributed by atoms with Gasteiger partial charge in [0.1, 0.15) is 0 Å². The molecule has 47 heavy (non-hydrogen) atoms. The lowest BCUT2D eigenvalue weighted by molar-refractivity contribution is 1.18. The molecule has 0 atom stereocenters. The van der Waals surface area contributed by atoms with Crippen LogP contribution in [0.5, 0.6) is 0 Å². The van der Waals surface area contributed by atoms with Gasteiger partial charge in [-0.1, -0.05) is 133 Å². The molecule has 9 rings (SSSR count). The minimum Gasteiger partial charge on any atom is -0.228 e. The molecule has 0 saturated carbocycles. The summed E-state index contributed by atoms with van der Waals surface area (Å²) in [6.07, 6.45) is 0. The molecule has 0 unspecified atom stereocenters. The summed E-state index contributed by atoms with van der Waals surface area (Å²) in [5.74, 6) is 0.713. The van der Waals surface area contributed by atoms with Gasteiger partial charge in [-0.25, -0.2) is 9.97 Å². The van der Waals surface area contributed by atoms with Gasteiger partial charge >= 0.3 is 0 Å². The number of thiophene rings is 1. The van der Waals surface area contributed by atoms with Gasteiger partial charge < -0.3 is 0 Å². The third-order valence-corrected chi connectivity index (χ3v) is 10.1. The van der Waals surface area contributed by atoms with Crippen molar-refractivity contribution in [3.8, 4) is 56.2 Å².